The van der Waals surface area contributed by atoms with Crippen LogP contribution >= 0.6 is 27.3 Å². The average molecular weight is 319 g/mol. The molecule has 0 radical (unpaired) electrons. The Bertz CT molecular complexity index is 585. The third-order valence-corrected chi connectivity index (χ3v) is 4.15. The summed E-state index contributed by atoms with van der Waals surface area (Å²) in [6.45, 7) is 0. The second-order valence-corrected chi connectivity index (χ2v) is 5.97. The number of hydrogen-bond acceptors (Lipinski definition) is 3. The second-order valence-electron chi connectivity index (χ2n) is 4.11. The molecule has 2 heterocycles. The monoisotopic (exact) mass is 318 g/mol. The summed E-state index contributed by atoms with van der Waals surface area (Å²) in [5, 5.41) is 2.05. The highest BCUT2D eigenvalue weighted by Gasteiger charge is 2.14. The summed E-state index contributed by atoms with van der Waals surface area (Å²) in [6, 6.07) is 12.6. The molecule has 2 aromatic rings. The Morgan fingerprint density at radius 2 is 2.00 bits per heavy atom. The fourth-order valence-electron chi connectivity index (χ4n) is 1.87. The molecule has 2 nitrogen and oxygen atoms in total. The number of hydrogen-bond donors (Lipinski definition) is 0. The van der Waals surface area contributed by atoms with Gasteiger partial charge in [0.2, 0.25) is 0 Å². The first kappa shape index (κ1) is 11.8. The highest BCUT2D eigenvalue weighted by molar-refractivity contribution is 9.10. The van der Waals surface area contributed by atoms with Gasteiger partial charge in [-0.3, -0.25) is 4.99 Å². The van der Waals surface area contributed by atoms with Crippen LogP contribution in [0.15, 0.2) is 56.2 Å². The van der Waals surface area contributed by atoms with E-state index in [2.05, 4.69) is 61.6 Å². The Hall–Kier alpha value is -1.26. The zero-order valence-electron chi connectivity index (χ0n) is 9.58. The predicted molar refractivity (Wildman–Crippen MR) is 81.0 cm³/mol. The minimum absolute atomic E-state index is 0.170. The van der Waals surface area contributed by atoms with Crippen molar-refractivity contribution in [3.05, 3.63) is 56.7 Å². The smallest absolute Gasteiger partial charge is 0.165 e. The van der Waals surface area contributed by atoms with Gasteiger partial charge in [-0.05, 0) is 35.6 Å². The van der Waals surface area contributed by atoms with E-state index >= 15 is 0 Å². The molecule has 0 spiro atoms. The normalized spacial score (nSPS) is 18.1. The van der Waals surface area contributed by atoms with Crippen LogP contribution in [0.3, 0.4) is 0 Å². The van der Waals surface area contributed by atoms with E-state index in [4.69, 9.17) is 0 Å². The van der Waals surface area contributed by atoms with E-state index < -0.39 is 0 Å². The quantitative estimate of drug-likeness (QED) is 0.818. The Morgan fingerprint density at radius 1 is 1.17 bits per heavy atom. The molecule has 0 saturated heterocycles. The third kappa shape index (κ3) is 2.60. The number of halogens is 1. The van der Waals surface area contributed by atoms with Crippen LogP contribution in [0.4, 0.5) is 0 Å². The van der Waals surface area contributed by atoms with Crippen molar-refractivity contribution in [2.75, 3.05) is 0 Å². The molecule has 90 valence electrons. The van der Waals surface area contributed by atoms with Gasteiger partial charge in [-0.25, -0.2) is 4.99 Å². The fourth-order valence-corrected chi connectivity index (χ4v) is 2.81. The molecule has 0 bridgehead atoms. The SMILES string of the molecule is Brc1ccc(CC2C=NC(c3cccs3)=N2)cc1. The molecule has 1 aliphatic rings. The Labute approximate surface area is 118 Å². The van der Waals surface area contributed by atoms with Gasteiger partial charge in [-0.15, -0.1) is 11.3 Å². The maximum Gasteiger partial charge on any atom is 0.165 e. The van der Waals surface area contributed by atoms with Crippen LogP contribution in [0, 0.1) is 0 Å². The number of rotatable bonds is 3. The molecule has 0 fully saturated rings. The highest BCUT2D eigenvalue weighted by Crippen LogP contribution is 2.17. The first-order valence-electron chi connectivity index (χ1n) is 5.71. The van der Waals surface area contributed by atoms with Gasteiger partial charge < -0.3 is 0 Å². The molecular weight excluding hydrogens is 308 g/mol. The molecule has 1 aliphatic heterocycles. The molecule has 1 aromatic carbocycles. The molecule has 3 rings (SSSR count). The minimum atomic E-state index is 0.170. The Morgan fingerprint density at radius 3 is 2.72 bits per heavy atom. The van der Waals surface area contributed by atoms with Crippen LogP contribution in [0.5, 0.6) is 0 Å². The van der Waals surface area contributed by atoms with E-state index in [0.29, 0.717) is 0 Å². The largest absolute Gasteiger partial charge is 0.256 e. The molecule has 0 amide bonds. The highest BCUT2D eigenvalue weighted by atomic mass is 79.9. The lowest BCUT2D eigenvalue weighted by Gasteiger charge is -2.03. The number of thiophene rings is 1. The topological polar surface area (TPSA) is 24.7 Å². The van der Waals surface area contributed by atoms with Crippen LogP contribution in [-0.4, -0.2) is 18.1 Å². The summed E-state index contributed by atoms with van der Waals surface area (Å²) in [4.78, 5) is 10.2. The summed E-state index contributed by atoms with van der Waals surface area (Å²) < 4.78 is 1.11. The van der Waals surface area contributed by atoms with Gasteiger partial charge in [0, 0.05) is 10.7 Å². The molecule has 0 aliphatic carbocycles. The summed E-state index contributed by atoms with van der Waals surface area (Å²) >= 11 is 5.12. The van der Waals surface area contributed by atoms with Crippen molar-refractivity contribution in [2.45, 2.75) is 12.5 Å². The van der Waals surface area contributed by atoms with Crippen molar-refractivity contribution in [3.8, 4) is 0 Å². The molecule has 1 unspecified atom stereocenters. The molecule has 0 N–H and O–H groups in total. The van der Waals surface area contributed by atoms with Gasteiger partial charge in [0.1, 0.15) is 0 Å². The molecule has 1 atom stereocenters. The van der Waals surface area contributed by atoms with E-state index in [0.717, 1.165) is 21.6 Å². The van der Waals surface area contributed by atoms with Crippen molar-refractivity contribution in [3.63, 3.8) is 0 Å². The van der Waals surface area contributed by atoms with E-state index in [1.165, 1.54) is 5.56 Å². The number of amidine groups is 1. The zero-order valence-corrected chi connectivity index (χ0v) is 12.0. The Kier molecular flexibility index (Phi) is 3.39. The van der Waals surface area contributed by atoms with Crippen molar-refractivity contribution in [1.29, 1.82) is 0 Å². The summed E-state index contributed by atoms with van der Waals surface area (Å²) in [5.74, 6) is 0.868. The predicted octanol–water partition coefficient (Wildman–Crippen LogP) is 3.95. The van der Waals surface area contributed by atoms with Crippen LogP contribution in [0.1, 0.15) is 10.4 Å². The summed E-state index contributed by atoms with van der Waals surface area (Å²) in [7, 11) is 0. The molecule has 1 aromatic heterocycles. The molecule has 0 saturated carbocycles. The van der Waals surface area contributed by atoms with E-state index in [-0.39, 0.29) is 6.04 Å². The van der Waals surface area contributed by atoms with Crippen molar-refractivity contribution < 1.29 is 0 Å². The van der Waals surface area contributed by atoms with Crippen LogP contribution < -0.4 is 0 Å². The van der Waals surface area contributed by atoms with Gasteiger partial charge in [-0.2, -0.15) is 0 Å². The second kappa shape index (κ2) is 5.16. The van der Waals surface area contributed by atoms with Gasteiger partial charge in [-0.1, -0.05) is 34.1 Å². The van der Waals surface area contributed by atoms with Gasteiger partial charge in [0.05, 0.1) is 10.9 Å². The van der Waals surface area contributed by atoms with E-state index in [1.54, 1.807) is 11.3 Å². The number of benzene rings is 1. The first-order valence-corrected chi connectivity index (χ1v) is 7.39. The number of aliphatic imine (C=N–C) groups is 2. The zero-order chi connectivity index (χ0) is 12.4. The van der Waals surface area contributed by atoms with Crippen molar-refractivity contribution in [2.24, 2.45) is 9.98 Å². The standard InChI is InChI=1S/C14H11BrN2S/c15-11-5-3-10(4-6-11)8-12-9-16-14(17-12)13-2-1-7-18-13/h1-7,9,12H,8H2. The lowest BCUT2D eigenvalue weighted by molar-refractivity contribution is 0.880. The summed E-state index contributed by atoms with van der Waals surface area (Å²) in [6.07, 6.45) is 2.85. The van der Waals surface area contributed by atoms with E-state index in [1.807, 2.05) is 12.3 Å². The van der Waals surface area contributed by atoms with E-state index in [9.17, 15) is 0 Å². The van der Waals surface area contributed by atoms with Gasteiger partial charge in [0.25, 0.3) is 0 Å². The minimum Gasteiger partial charge on any atom is -0.256 e. The molecule has 18 heavy (non-hydrogen) atoms. The van der Waals surface area contributed by atoms with Crippen LogP contribution in [0.25, 0.3) is 0 Å². The summed E-state index contributed by atoms with van der Waals surface area (Å²) in [5.41, 5.74) is 1.28. The number of nitrogens with zero attached hydrogens (tertiary/aromatic N) is 2. The fraction of sp³-hybridized carbons (Fsp3) is 0.143. The molecular formula is C14H11BrN2S. The third-order valence-electron chi connectivity index (χ3n) is 2.76. The first-order chi connectivity index (χ1) is 8.81. The maximum atomic E-state index is 4.64. The van der Waals surface area contributed by atoms with Crippen molar-refractivity contribution >= 4 is 39.3 Å². The van der Waals surface area contributed by atoms with Crippen molar-refractivity contribution in [1.82, 2.24) is 0 Å². The van der Waals surface area contributed by atoms with Crippen LogP contribution in [-0.2, 0) is 6.42 Å². The van der Waals surface area contributed by atoms with Gasteiger partial charge >= 0.3 is 0 Å². The average Bonchev–Trinajstić information content (AvgIpc) is 3.02. The maximum absolute atomic E-state index is 4.64. The lowest BCUT2D eigenvalue weighted by atomic mass is 10.1. The Balaban J connectivity index is 1.73. The molecule has 4 heteroatoms. The van der Waals surface area contributed by atoms with Gasteiger partial charge in [0.15, 0.2) is 5.84 Å². The van der Waals surface area contributed by atoms with Crippen LogP contribution in [0.2, 0.25) is 0 Å². The lowest BCUT2D eigenvalue weighted by Crippen LogP contribution is -2.07.